The maximum Gasteiger partial charge on any atom is 0.253 e. The first-order valence-electron chi connectivity index (χ1n) is 11.3. The van der Waals surface area contributed by atoms with Crippen LogP contribution in [0.3, 0.4) is 0 Å². The highest BCUT2D eigenvalue weighted by Gasteiger charge is 2.12. The maximum atomic E-state index is 12.4. The summed E-state index contributed by atoms with van der Waals surface area (Å²) in [7, 11) is 0. The molecule has 0 saturated heterocycles. The van der Waals surface area contributed by atoms with Crippen LogP contribution >= 0.6 is 39.1 Å². The zero-order valence-corrected chi connectivity index (χ0v) is 22.1. The minimum Gasteiger partial charge on any atom is -0.367 e. The number of carbonyl (C=O) groups excluding carboxylic acids is 1. The van der Waals surface area contributed by atoms with E-state index in [0.29, 0.717) is 28.7 Å². The van der Waals surface area contributed by atoms with E-state index in [-0.39, 0.29) is 5.91 Å². The number of benzene rings is 3. The van der Waals surface area contributed by atoms with E-state index in [1.165, 1.54) is 0 Å². The molecule has 3 aromatic carbocycles. The maximum absolute atomic E-state index is 12.4. The van der Waals surface area contributed by atoms with Crippen molar-refractivity contribution in [3.63, 3.8) is 0 Å². The number of amides is 1. The number of carbonyl (C=O) groups is 1. The Morgan fingerprint density at radius 1 is 0.861 bits per heavy atom. The van der Waals surface area contributed by atoms with E-state index in [4.69, 9.17) is 28.2 Å². The highest BCUT2D eigenvalue weighted by atomic mass is 79.9. The van der Waals surface area contributed by atoms with Crippen LogP contribution in [0.15, 0.2) is 95.6 Å². The summed E-state index contributed by atoms with van der Waals surface area (Å²) < 4.78 is 2.91. The van der Waals surface area contributed by atoms with Crippen molar-refractivity contribution in [1.29, 1.82) is 0 Å². The van der Waals surface area contributed by atoms with Gasteiger partial charge in [0.05, 0.1) is 20.8 Å². The largest absolute Gasteiger partial charge is 0.367 e. The predicted molar refractivity (Wildman–Crippen MR) is 150 cm³/mol. The molecule has 5 rings (SSSR count). The van der Waals surface area contributed by atoms with Crippen LogP contribution in [-0.2, 0) is 13.1 Å². The van der Waals surface area contributed by atoms with Gasteiger partial charge in [0, 0.05) is 35.9 Å². The highest BCUT2D eigenvalue weighted by Crippen LogP contribution is 2.31. The van der Waals surface area contributed by atoms with Crippen LogP contribution in [0.4, 0.5) is 5.82 Å². The average Bonchev–Trinajstić information content (AvgIpc) is 3.27. The topological polar surface area (TPSA) is 58.4 Å². The molecule has 8 heteroatoms. The van der Waals surface area contributed by atoms with Gasteiger partial charge in [-0.25, -0.2) is 4.98 Å². The molecule has 2 N–H and O–H groups in total. The van der Waals surface area contributed by atoms with Gasteiger partial charge in [-0.05, 0) is 51.3 Å². The molecule has 180 valence electrons. The average molecular weight is 580 g/mol. The Morgan fingerprint density at radius 3 is 2.25 bits per heavy atom. The van der Waals surface area contributed by atoms with Crippen LogP contribution in [0.25, 0.3) is 16.9 Å². The molecule has 0 unspecified atom stereocenters. The van der Waals surface area contributed by atoms with Gasteiger partial charge in [-0.2, -0.15) is 0 Å². The molecule has 2 aromatic heterocycles. The van der Waals surface area contributed by atoms with Gasteiger partial charge < -0.3 is 10.6 Å². The summed E-state index contributed by atoms with van der Waals surface area (Å²) in [6.45, 7) is 1.03. The van der Waals surface area contributed by atoms with Crippen molar-refractivity contribution < 1.29 is 4.79 Å². The van der Waals surface area contributed by atoms with Crippen molar-refractivity contribution in [2.75, 3.05) is 5.32 Å². The number of nitrogens with one attached hydrogen (secondary N) is 2. The van der Waals surface area contributed by atoms with Gasteiger partial charge in [0.25, 0.3) is 5.91 Å². The smallest absolute Gasteiger partial charge is 0.253 e. The Morgan fingerprint density at radius 2 is 1.53 bits per heavy atom. The molecule has 0 aliphatic carbocycles. The fraction of sp³-hybridized carbons (Fsp3) is 0.0714. The first-order chi connectivity index (χ1) is 17.5. The first kappa shape index (κ1) is 24.4. The van der Waals surface area contributed by atoms with Crippen LogP contribution in [0.1, 0.15) is 21.5 Å². The molecular formula is C28H21BrCl2N4O. The van der Waals surface area contributed by atoms with Crippen LogP contribution in [0.5, 0.6) is 0 Å². The second-order valence-corrected chi connectivity index (χ2v) is 9.87. The lowest BCUT2D eigenvalue weighted by molar-refractivity contribution is 0.0951. The van der Waals surface area contributed by atoms with Gasteiger partial charge >= 0.3 is 0 Å². The number of anilines is 1. The number of fused-ring (bicyclic) bond motifs is 1. The van der Waals surface area contributed by atoms with Crippen molar-refractivity contribution >= 4 is 56.5 Å². The van der Waals surface area contributed by atoms with E-state index < -0.39 is 0 Å². The van der Waals surface area contributed by atoms with E-state index in [9.17, 15) is 4.79 Å². The van der Waals surface area contributed by atoms with Gasteiger partial charge in [-0.1, -0.05) is 77.8 Å². The molecule has 0 saturated carbocycles. The number of nitrogens with zero attached hydrogens (tertiary/aromatic N) is 2. The zero-order chi connectivity index (χ0) is 25.1. The summed E-state index contributed by atoms with van der Waals surface area (Å²) in [5.74, 6) is 0.706. The van der Waals surface area contributed by atoms with Gasteiger partial charge in [0.1, 0.15) is 5.82 Å². The summed E-state index contributed by atoms with van der Waals surface area (Å²) in [6, 6.07) is 26.8. The van der Waals surface area contributed by atoms with E-state index in [1.54, 1.807) is 24.3 Å². The number of hydrogen-bond acceptors (Lipinski definition) is 3. The number of halogens is 3. The third-order valence-electron chi connectivity index (χ3n) is 5.79. The minimum atomic E-state index is -0.194. The Kier molecular flexibility index (Phi) is 7.28. The summed E-state index contributed by atoms with van der Waals surface area (Å²) >= 11 is 16.1. The molecule has 2 heterocycles. The fourth-order valence-electron chi connectivity index (χ4n) is 3.88. The van der Waals surface area contributed by atoms with Crippen molar-refractivity contribution in [1.82, 2.24) is 14.7 Å². The molecular weight excluding hydrogens is 559 g/mol. The molecule has 0 aliphatic rings. The lowest BCUT2D eigenvalue weighted by atomic mass is 10.1. The quantitative estimate of drug-likeness (QED) is 0.208. The Bertz CT molecular complexity index is 1550. The molecule has 0 fully saturated rings. The first-order valence-corrected chi connectivity index (χ1v) is 12.8. The highest BCUT2D eigenvalue weighted by molar-refractivity contribution is 9.10. The van der Waals surface area contributed by atoms with Gasteiger partial charge in [0.2, 0.25) is 0 Å². The molecule has 36 heavy (non-hydrogen) atoms. The van der Waals surface area contributed by atoms with Gasteiger partial charge in [0.15, 0.2) is 5.65 Å². The zero-order valence-electron chi connectivity index (χ0n) is 19.0. The summed E-state index contributed by atoms with van der Waals surface area (Å²) in [5, 5.41) is 7.53. The van der Waals surface area contributed by atoms with Gasteiger partial charge in [-0.15, -0.1) is 0 Å². The van der Waals surface area contributed by atoms with Gasteiger partial charge in [-0.3, -0.25) is 9.20 Å². The lowest BCUT2D eigenvalue weighted by Crippen LogP contribution is -2.23. The second-order valence-electron chi connectivity index (χ2n) is 8.20. The summed E-state index contributed by atoms with van der Waals surface area (Å²) in [5.41, 5.74) is 5.05. The Hall–Kier alpha value is -3.32. The van der Waals surface area contributed by atoms with E-state index in [2.05, 4.69) is 26.6 Å². The van der Waals surface area contributed by atoms with Crippen LogP contribution < -0.4 is 10.6 Å². The molecule has 5 aromatic rings. The molecule has 5 nitrogen and oxygen atoms in total. The van der Waals surface area contributed by atoms with E-state index in [1.807, 2.05) is 71.3 Å². The van der Waals surface area contributed by atoms with Crippen LogP contribution in [-0.4, -0.2) is 15.3 Å². The molecule has 1 amide bonds. The predicted octanol–water partition coefficient (Wildman–Crippen LogP) is 7.61. The van der Waals surface area contributed by atoms with E-state index >= 15 is 0 Å². The van der Waals surface area contributed by atoms with Crippen molar-refractivity contribution in [3.05, 3.63) is 122 Å². The standard InChI is InChI=1S/C28H21BrCl2N4O/c29-22-13-14-35-26(15-25(34-27(22)35)20-5-1-3-7-23(20)30)32-16-18-9-11-19(12-10-18)17-33-28(36)21-6-2-4-8-24(21)31/h1-15,32H,16-17H2,(H,33,36). The molecule has 0 bridgehead atoms. The molecule has 0 spiro atoms. The summed E-state index contributed by atoms with van der Waals surface area (Å²) in [4.78, 5) is 17.2. The minimum absolute atomic E-state index is 0.194. The van der Waals surface area contributed by atoms with E-state index in [0.717, 1.165) is 38.3 Å². The molecule has 0 atom stereocenters. The summed E-state index contributed by atoms with van der Waals surface area (Å²) in [6.07, 6.45) is 1.97. The molecule has 0 radical (unpaired) electrons. The second kappa shape index (κ2) is 10.7. The van der Waals surface area contributed by atoms with Crippen molar-refractivity contribution in [2.45, 2.75) is 13.1 Å². The number of rotatable bonds is 7. The number of aromatic nitrogens is 2. The number of hydrogen-bond donors (Lipinski definition) is 2. The lowest BCUT2D eigenvalue weighted by Gasteiger charge is -2.13. The van der Waals surface area contributed by atoms with Crippen LogP contribution in [0, 0.1) is 0 Å². The normalized spacial score (nSPS) is 11.0. The third kappa shape index (κ3) is 5.26. The monoisotopic (exact) mass is 578 g/mol. The third-order valence-corrected chi connectivity index (χ3v) is 7.07. The van der Waals surface area contributed by atoms with Crippen molar-refractivity contribution in [3.8, 4) is 11.3 Å². The Labute approximate surface area is 227 Å². The SMILES string of the molecule is O=C(NCc1ccc(CNc2cc(-c3ccccc3Cl)nc3c(Br)ccn23)cc1)c1ccccc1Cl. The Balaban J connectivity index is 1.29. The van der Waals surface area contributed by atoms with Crippen molar-refractivity contribution in [2.24, 2.45) is 0 Å². The fourth-order valence-corrected chi connectivity index (χ4v) is 4.73. The molecule has 0 aliphatic heterocycles. The van der Waals surface area contributed by atoms with Crippen LogP contribution in [0.2, 0.25) is 10.0 Å².